The van der Waals surface area contributed by atoms with E-state index in [-0.39, 0.29) is 0 Å². The molecule has 1 fully saturated rings. The topological polar surface area (TPSA) is 15.3 Å². The van der Waals surface area contributed by atoms with Crippen molar-refractivity contribution in [1.29, 1.82) is 0 Å². The average Bonchev–Trinajstić information content (AvgIpc) is 3.12. The van der Waals surface area contributed by atoms with E-state index in [2.05, 4.69) is 57.5 Å². The van der Waals surface area contributed by atoms with Crippen molar-refractivity contribution in [2.45, 2.75) is 19.4 Å². The fourth-order valence-electron chi connectivity index (χ4n) is 1.88. The Hall–Kier alpha value is -0.380. The Morgan fingerprint density at radius 1 is 1.29 bits per heavy atom. The second-order valence-electron chi connectivity index (χ2n) is 5.01. The number of benzene rings is 1. The molecule has 3 heteroatoms. The highest BCUT2D eigenvalue weighted by Crippen LogP contribution is 2.27. The van der Waals surface area contributed by atoms with Gasteiger partial charge in [-0.1, -0.05) is 28.1 Å². The molecule has 0 heterocycles. The van der Waals surface area contributed by atoms with Crippen molar-refractivity contribution < 1.29 is 0 Å². The Morgan fingerprint density at radius 3 is 2.65 bits per heavy atom. The van der Waals surface area contributed by atoms with Crippen LogP contribution in [0.2, 0.25) is 0 Å². The molecule has 1 saturated carbocycles. The van der Waals surface area contributed by atoms with Gasteiger partial charge < -0.3 is 10.2 Å². The van der Waals surface area contributed by atoms with E-state index in [1.807, 2.05) is 0 Å². The van der Waals surface area contributed by atoms with Gasteiger partial charge >= 0.3 is 0 Å². The first-order chi connectivity index (χ1) is 8.24. The molecule has 1 aliphatic rings. The Balaban J connectivity index is 1.61. The quantitative estimate of drug-likeness (QED) is 0.779. The zero-order valence-corrected chi connectivity index (χ0v) is 12.0. The van der Waals surface area contributed by atoms with Gasteiger partial charge in [0.2, 0.25) is 0 Å². The van der Waals surface area contributed by atoms with E-state index in [0.29, 0.717) is 0 Å². The maximum absolute atomic E-state index is 3.52. The molecule has 1 aromatic carbocycles. The van der Waals surface area contributed by atoms with E-state index in [1.165, 1.54) is 24.9 Å². The molecule has 0 aromatic heterocycles. The summed E-state index contributed by atoms with van der Waals surface area (Å²) in [5.41, 5.74) is 1.37. The van der Waals surface area contributed by atoms with Crippen molar-refractivity contribution in [2.24, 2.45) is 5.92 Å². The lowest BCUT2D eigenvalue weighted by atomic mass is 10.2. The molecular formula is C14H21BrN2. The molecule has 1 aromatic rings. The molecule has 94 valence electrons. The van der Waals surface area contributed by atoms with Gasteiger partial charge in [-0.25, -0.2) is 0 Å². The van der Waals surface area contributed by atoms with Crippen molar-refractivity contribution in [3.05, 3.63) is 34.3 Å². The van der Waals surface area contributed by atoms with Crippen molar-refractivity contribution in [2.75, 3.05) is 26.7 Å². The smallest absolute Gasteiger partial charge is 0.0231 e. The molecule has 0 unspecified atom stereocenters. The van der Waals surface area contributed by atoms with Crippen LogP contribution in [-0.2, 0) is 6.54 Å². The minimum Gasteiger partial charge on any atom is -0.315 e. The Bertz CT molecular complexity index is 333. The largest absolute Gasteiger partial charge is 0.315 e. The Kier molecular flexibility index (Phi) is 5.01. The molecule has 17 heavy (non-hydrogen) atoms. The molecule has 0 spiro atoms. The van der Waals surface area contributed by atoms with Crippen LogP contribution in [0.4, 0.5) is 0 Å². The first-order valence-electron chi connectivity index (χ1n) is 6.38. The standard InChI is InChI=1S/C14H21BrN2/c1-17(9-8-16-10-12-2-3-12)11-13-4-6-14(15)7-5-13/h4-7,12,16H,2-3,8-11H2,1H3. The van der Waals surface area contributed by atoms with Gasteiger partial charge in [0.1, 0.15) is 0 Å². The van der Waals surface area contributed by atoms with Crippen LogP contribution in [-0.4, -0.2) is 31.6 Å². The lowest BCUT2D eigenvalue weighted by Crippen LogP contribution is -2.30. The summed E-state index contributed by atoms with van der Waals surface area (Å²) in [5, 5.41) is 3.52. The van der Waals surface area contributed by atoms with E-state index >= 15 is 0 Å². The minimum absolute atomic E-state index is 0.978. The Labute approximate surface area is 113 Å². The van der Waals surface area contributed by atoms with Crippen LogP contribution < -0.4 is 5.32 Å². The number of nitrogens with one attached hydrogen (secondary N) is 1. The summed E-state index contributed by atoms with van der Waals surface area (Å²) in [5.74, 6) is 0.978. The highest BCUT2D eigenvalue weighted by atomic mass is 79.9. The van der Waals surface area contributed by atoms with E-state index in [0.717, 1.165) is 30.0 Å². The van der Waals surface area contributed by atoms with Gasteiger partial charge in [0.25, 0.3) is 0 Å². The lowest BCUT2D eigenvalue weighted by Gasteiger charge is -2.17. The number of halogens is 1. The number of hydrogen-bond acceptors (Lipinski definition) is 2. The van der Waals surface area contributed by atoms with Crippen LogP contribution in [0.5, 0.6) is 0 Å². The highest BCUT2D eigenvalue weighted by Gasteiger charge is 2.19. The number of likely N-dealkylation sites (N-methyl/N-ethyl adjacent to an activating group) is 1. The molecule has 0 atom stereocenters. The zero-order chi connectivity index (χ0) is 12.1. The van der Waals surface area contributed by atoms with Crippen LogP contribution in [0, 0.1) is 5.92 Å². The summed E-state index contributed by atoms with van der Waals surface area (Å²) in [7, 11) is 2.18. The highest BCUT2D eigenvalue weighted by molar-refractivity contribution is 9.10. The van der Waals surface area contributed by atoms with Crippen molar-refractivity contribution >= 4 is 15.9 Å². The van der Waals surface area contributed by atoms with Crippen LogP contribution in [0.25, 0.3) is 0 Å². The second kappa shape index (κ2) is 6.53. The molecule has 0 amide bonds. The molecule has 1 N–H and O–H groups in total. The van der Waals surface area contributed by atoms with Gasteiger partial charge in [0.15, 0.2) is 0 Å². The minimum atomic E-state index is 0.978. The van der Waals surface area contributed by atoms with Crippen LogP contribution >= 0.6 is 15.9 Å². The van der Waals surface area contributed by atoms with E-state index in [4.69, 9.17) is 0 Å². The third kappa shape index (κ3) is 5.19. The molecule has 0 aliphatic heterocycles. The molecule has 1 aliphatic carbocycles. The zero-order valence-electron chi connectivity index (χ0n) is 10.5. The van der Waals surface area contributed by atoms with Gasteiger partial charge in [0, 0.05) is 24.1 Å². The number of nitrogens with zero attached hydrogens (tertiary/aromatic N) is 1. The third-order valence-corrected chi connectivity index (χ3v) is 3.69. The Morgan fingerprint density at radius 2 is 2.00 bits per heavy atom. The van der Waals surface area contributed by atoms with Crippen LogP contribution in [0.1, 0.15) is 18.4 Å². The fourth-order valence-corrected chi connectivity index (χ4v) is 2.14. The van der Waals surface area contributed by atoms with E-state index < -0.39 is 0 Å². The molecular weight excluding hydrogens is 276 g/mol. The molecule has 0 saturated heterocycles. The fraction of sp³-hybridized carbons (Fsp3) is 0.571. The van der Waals surface area contributed by atoms with Gasteiger partial charge in [0.05, 0.1) is 0 Å². The van der Waals surface area contributed by atoms with Crippen molar-refractivity contribution in [3.8, 4) is 0 Å². The molecule has 2 rings (SSSR count). The second-order valence-corrected chi connectivity index (χ2v) is 5.93. The number of hydrogen-bond donors (Lipinski definition) is 1. The summed E-state index contributed by atoms with van der Waals surface area (Å²) in [4.78, 5) is 2.36. The van der Waals surface area contributed by atoms with Gasteiger partial charge in [-0.15, -0.1) is 0 Å². The van der Waals surface area contributed by atoms with E-state index in [9.17, 15) is 0 Å². The third-order valence-electron chi connectivity index (χ3n) is 3.17. The predicted octanol–water partition coefficient (Wildman–Crippen LogP) is 2.88. The normalized spacial score (nSPS) is 15.5. The summed E-state index contributed by atoms with van der Waals surface area (Å²) < 4.78 is 1.15. The van der Waals surface area contributed by atoms with Crippen LogP contribution in [0.3, 0.4) is 0 Å². The average molecular weight is 297 g/mol. The van der Waals surface area contributed by atoms with Gasteiger partial charge in [-0.3, -0.25) is 0 Å². The van der Waals surface area contributed by atoms with Crippen molar-refractivity contribution in [3.63, 3.8) is 0 Å². The maximum Gasteiger partial charge on any atom is 0.0231 e. The van der Waals surface area contributed by atoms with Crippen molar-refractivity contribution in [1.82, 2.24) is 10.2 Å². The monoisotopic (exact) mass is 296 g/mol. The lowest BCUT2D eigenvalue weighted by molar-refractivity contribution is 0.323. The molecule has 0 radical (unpaired) electrons. The number of rotatable bonds is 7. The van der Waals surface area contributed by atoms with E-state index in [1.54, 1.807) is 0 Å². The summed E-state index contributed by atoms with van der Waals surface area (Å²) in [6.07, 6.45) is 2.86. The molecule has 2 nitrogen and oxygen atoms in total. The summed E-state index contributed by atoms with van der Waals surface area (Å²) >= 11 is 3.46. The molecule has 0 bridgehead atoms. The van der Waals surface area contributed by atoms with Gasteiger partial charge in [-0.05, 0) is 50.0 Å². The predicted molar refractivity (Wildman–Crippen MR) is 76.1 cm³/mol. The first-order valence-corrected chi connectivity index (χ1v) is 7.17. The first kappa shape index (κ1) is 13.1. The summed E-state index contributed by atoms with van der Waals surface area (Å²) in [6.45, 7) is 4.46. The SMILES string of the molecule is CN(CCNCC1CC1)Cc1ccc(Br)cc1. The van der Waals surface area contributed by atoms with Crippen LogP contribution in [0.15, 0.2) is 28.7 Å². The maximum atomic E-state index is 3.52. The summed E-state index contributed by atoms with van der Waals surface area (Å²) in [6, 6.07) is 8.57. The van der Waals surface area contributed by atoms with Gasteiger partial charge in [-0.2, -0.15) is 0 Å².